The molecular formula is C19H22N2O4. The van der Waals surface area contributed by atoms with E-state index in [9.17, 15) is 19.8 Å². The first kappa shape index (κ1) is 18.6. The molecule has 0 aliphatic heterocycles. The van der Waals surface area contributed by atoms with E-state index in [4.69, 9.17) is 0 Å². The molecule has 2 aromatic rings. The summed E-state index contributed by atoms with van der Waals surface area (Å²) in [5, 5.41) is 24.7. The van der Waals surface area contributed by atoms with Crippen LogP contribution in [-0.4, -0.2) is 35.2 Å². The summed E-state index contributed by atoms with van der Waals surface area (Å²) in [6, 6.07) is 16.4. The Bertz CT molecular complexity index is 617. The molecule has 0 aromatic heterocycles. The summed E-state index contributed by atoms with van der Waals surface area (Å²) in [6.07, 6.45) is 0.604. The van der Waals surface area contributed by atoms with Crippen LogP contribution < -0.4 is 10.6 Å². The zero-order valence-corrected chi connectivity index (χ0v) is 13.8. The second-order valence-corrected chi connectivity index (χ2v) is 5.63. The van der Waals surface area contributed by atoms with E-state index in [2.05, 4.69) is 10.6 Å². The lowest BCUT2D eigenvalue weighted by Gasteiger charge is -2.17. The zero-order chi connectivity index (χ0) is 18.1. The minimum Gasteiger partial charge on any atom is -0.480 e. The van der Waals surface area contributed by atoms with Gasteiger partial charge in [0, 0.05) is 0 Å². The van der Waals surface area contributed by atoms with Gasteiger partial charge in [-0.15, -0.1) is 0 Å². The van der Waals surface area contributed by atoms with Gasteiger partial charge in [0.1, 0.15) is 12.1 Å². The average Bonchev–Trinajstić information content (AvgIpc) is 2.62. The summed E-state index contributed by atoms with van der Waals surface area (Å²) in [5.74, 6) is -1.88. The number of hydrogen-bond donors (Lipinski definition) is 4. The molecule has 0 fully saturated rings. The van der Waals surface area contributed by atoms with E-state index in [0.29, 0.717) is 30.6 Å². The molecule has 4 N–H and O–H groups in total. The van der Waals surface area contributed by atoms with Gasteiger partial charge >= 0.3 is 11.9 Å². The number of carboxylic acids is 2. The molecule has 0 aliphatic rings. The van der Waals surface area contributed by atoms with Crippen LogP contribution in [0.2, 0.25) is 0 Å². The lowest BCUT2D eigenvalue weighted by atomic mass is 10.1. The third kappa shape index (κ3) is 5.70. The highest BCUT2D eigenvalue weighted by molar-refractivity contribution is 5.76. The van der Waals surface area contributed by atoms with Gasteiger partial charge in [0.25, 0.3) is 0 Å². The average molecular weight is 342 g/mol. The van der Waals surface area contributed by atoms with Crippen molar-refractivity contribution in [3.63, 3.8) is 0 Å². The first-order chi connectivity index (χ1) is 12.1. The third-order valence-corrected chi connectivity index (χ3v) is 3.81. The first-order valence-corrected chi connectivity index (χ1v) is 8.12. The maximum absolute atomic E-state index is 11.4. The van der Waals surface area contributed by atoms with E-state index in [1.165, 1.54) is 0 Å². The van der Waals surface area contributed by atoms with Crippen LogP contribution in [0.25, 0.3) is 0 Å². The molecule has 2 aromatic carbocycles. The van der Waals surface area contributed by atoms with Crippen molar-refractivity contribution < 1.29 is 19.8 Å². The predicted octanol–water partition coefficient (Wildman–Crippen LogP) is 2.21. The predicted molar refractivity (Wildman–Crippen MR) is 94.3 cm³/mol. The zero-order valence-electron chi connectivity index (χ0n) is 13.8. The van der Waals surface area contributed by atoms with Gasteiger partial charge in [0.2, 0.25) is 0 Å². The third-order valence-electron chi connectivity index (χ3n) is 3.81. The molecule has 0 amide bonds. The fourth-order valence-corrected chi connectivity index (χ4v) is 2.57. The molecule has 0 spiro atoms. The fourth-order valence-electron chi connectivity index (χ4n) is 2.57. The lowest BCUT2D eigenvalue weighted by Crippen LogP contribution is -2.33. The Morgan fingerprint density at radius 3 is 1.40 bits per heavy atom. The number of benzene rings is 2. The summed E-state index contributed by atoms with van der Waals surface area (Å²) in [4.78, 5) is 22.8. The largest absolute Gasteiger partial charge is 0.480 e. The molecule has 6 nitrogen and oxygen atoms in total. The molecule has 6 heteroatoms. The maximum atomic E-state index is 11.4. The van der Waals surface area contributed by atoms with Gasteiger partial charge in [-0.05, 0) is 30.6 Å². The smallest absolute Gasteiger partial charge is 0.325 e. The SMILES string of the molecule is O=C(O)[C@@H](NCCCN[C@H](C(=O)O)c1ccccc1)c1ccccc1. The summed E-state index contributed by atoms with van der Waals surface area (Å²) < 4.78 is 0. The Labute approximate surface area is 146 Å². The van der Waals surface area contributed by atoms with Gasteiger partial charge in [-0.25, -0.2) is 0 Å². The highest BCUT2D eigenvalue weighted by atomic mass is 16.4. The molecular weight excluding hydrogens is 320 g/mol. The summed E-state index contributed by atoms with van der Waals surface area (Å²) >= 11 is 0. The normalized spacial score (nSPS) is 13.1. The van der Waals surface area contributed by atoms with Crippen molar-refractivity contribution in [2.45, 2.75) is 18.5 Å². The Balaban J connectivity index is 1.81. The summed E-state index contributed by atoms with van der Waals surface area (Å²) in [6.45, 7) is 0.917. The number of nitrogens with one attached hydrogen (secondary N) is 2. The molecule has 0 saturated heterocycles. The number of rotatable bonds is 10. The number of aliphatic carboxylic acids is 2. The number of carboxylic acid groups (broad SMARTS) is 2. The molecule has 0 heterocycles. The molecule has 0 radical (unpaired) electrons. The molecule has 0 aliphatic carbocycles. The van der Waals surface area contributed by atoms with Crippen molar-refractivity contribution in [1.29, 1.82) is 0 Å². The Morgan fingerprint density at radius 1 is 0.720 bits per heavy atom. The number of carbonyl (C=O) groups is 2. The molecule has 0 unspecified atom stereocenters. The van der Waals surface area contributed by atoms with Gasteiger partial charge in [-0.1, -0.05) is 60.7 Å². The van der Waals surface area contributed by atoms with Crippen LogP contribution in [0, 0.1) is 0 Å². The van der Waals surface area contributed by atoms with Crippen molar-refractivity contribution >= 4 is 11.9 Å². The topological polar surface area (TPSA) is 98.7 Å². The van der Waals surface area contributed by atoms with E-state index >= 15 is 0 Å². The lowest BCUT2D eigenvalue weighted by molar-refractivity contribution is -0.140. The van der Waals surface area contributed by atoms with Crippen LogP contribution in [0.1, 0.15) is 29.6 Å². The monoisotopic (exact) mass is 342 g/mol. The molecule has 25 heavy (non-hydrogen) atoms. The van der Waals surface area contributed by atoms with Crippen LogP contribution >= 0.6 is 0 Å². The van der Waals surface area contributed by atoms with Gasteiger partial charge in [0.15, 0.2) is 0 Å². The van der Waals surface area contributed by atoms with E-state index in [-0.39, 0.29) is 0 Å². The highest BCUT2D eigenvalue weighted by Gasteiger charge is 2.20. The van der Waals surface area contributed by atoms with Gasteiger partial charge in [-0.3, -0.25) is 9.59 Å². The minimum atomic E-state index is -0.938. The Kier molecular flexibility index (Phi) is 7.13. The van der Waals surface area contributed by atoms with Gasteiger partial charge in [-0.2, -0.15) is 0 Å². The molecule has 0 saturated carbocycles. The standard InChI is InChI=1S/C19H22N2O4/c22-18(23)16(14-8-3-1-4-9-14)20-12-7-13-21-17(19(24)25)15-10-5-2-6-11-15/h1-6,8-11,16-17,20-21H,7,12-13H2,(H,22,23)(H,24,25)/t16-,17-/m0/s1. The molecule has 132 valence electrons. The van der Waals surface area contributed by atoms with Gasteiger partial charge < -0.3 is 20.8 Å². The maximum Gasteiger partial charge on any atom is 0.325 e. The second-order valence-electron chi connectivity index (χ2n) is 5.63. The quantitative estimate of drug-likeness (QED) is 0.494. The van der Waals surface area contributed by atoms with Crippen molar-refractivity contribution in [1.82, 2.24) is 10.6 Å². The number of hydrogen-bond acceptors (Lipinski definition) is 4. The van der Waals surface area contributed by atoms with Crippen molar-refractivity contribution in [3.05, 3.63) is 71.8 Å². The van der Waals surface area contributed by atoms with E-state index in [1.54, 1.807) is 48.5 Å². The Morgan fingerprint density at radius 2 is 1.08 bits per heavy atom. The van der Waals surface area contributed by atoms with Crippen molar-refractivity contribution in [3.8, 4) is 0 Å². The summed E-state index contributed by atoms with van der Waals surface area (Å²) in [5.41, 5.74) is 1.38. The van der Waals surface area contributed by atoms with Crippen LogP contribution in [0.4, 0.5) is 0 Å². The summed E-state index contributed by atoms with van der Waals surface area (Å²) in [7, 11) is 0. The highest BCUT2D eigenvalue weighted by Crippen LogP contribution is 2.14. The molecule has 2 rings (SSSR count). The first-order valence-electron chi connectivity index (χ1n) is 8.12. The van der Waals surface area contributed by atoms with Crippen LogP contribution in [0.15, 0.2) is 60.7 Å². The fraction of sp³-hybridized carbons (Fsp3) is 0.263. The van der Waals surface area contributed by atoms with E-state index in [1.807, 2.05) is 12.1 Å². The van der Waals surface area contributed by atoms with Crippen LogP contribution in [0.5, 0.6) is 0 Å². The molecule has 0 bridgehead atoms. The Hall–Kier alpha value is -2.70. The van der Waals surface area contributed by atoms with Gasteiger partial charge in [0.05, 0.1) is 0 Å². The molecule has 2 atom stereocenters. The van der Waals surface area contributed by atoms with E-state index in [0.717, 1.165) is 0 Å². The second kappa shape index (κ2) is 9.56. The minimum absolute atomic E-state index is 0.458. The van der Waals surface area contributed by atoms with Crippen molar-refractivity contribution in [2.24, 2.45) is 0 Å². The van der Waals surface area contributed by atoms with Crippen LogP contribution in [0.3, 0.4) is 0 Å². The van der Waals surface area contributed by atoms with Crippen molar-refractivity contribution in [2.75, 3.05) is 13.1 Å². The van der Waals surface area contributed by atoms with E-state index < -0.39 is 24.0 Å². The van der Waals surface area contributed by atoms with Crippen LogP contribution in [-0.2, 0) is 9.59 Å².